The Balaban J connectivity index is 0.00000180. The Kier molecular flexibility index (Phi) is 5.37. The second-order valence-corrected chi connectivity index (χ2v) is 4.31. The summed E-state index contributed by atoms with van der Waals surface area (Å²) in [6, 6.07) is 0.476. The Morgan fingerprint density at radius 1 is 1.21 bits per heavy atom. The van der Waals surface area contributed by atoms with E-state index in [-0.39, 0.29) is 12.4 Å². The summed E-state index contributed by atoms with van der Waals surface area (Å²) in [7, 11) is 1.91. The van der Waals surface area contributed by atoms with Crippen LogP contribution in [0.25, 0.3) is 0 Å². The largest absolute Gasteiger partial charge is 0.434 e. The van der Waals surface area contributed by atoms with Gasteiger partial charge in [-0.15, -0.1) is 12.4 Å². The first-order valence-corrected chi connectivity index (χ1v) is 5.82. The molecule has 0 bridgehead atoms. The predicted octanol–water partition coefficient (Wildman–Crippen LogP) is 2.11. The summed E-state index contributed by atoms with van der Waals surface area (Å²) in [5, 5.41) is 3.19. The summed E-state index contributed by atoms with van der Waals surface area (Å²) in [6.45, 7) is 1.57. The van der Waals surface area contributed by atoms with Crippen LogP contribution in [0.15, 0.2) is 12.4 Å². The fraction of sp³-hybridized carbons (Fsp3) is 0.636. The van der Waals surface area contributed by atoms with E-state index in [1.165, 1.54) is 6.20 Å². The maximum atomic E-state index is 12.3. The van der Waals surface area contributed by atoms with Crippen molar-refractivity contribution in [1.82, 2.24) is 15.3 Å². The van der Waals surface area contributed by atoms with E-state index in [9.17, 15) is 13.2 Å². The zero-order valence-electron chi connectivity index (χ0n) is 10.4. The maximum absolute atomic E-state index is 12.3. The van der Waals surface area contributed by atoms with Gasteiger partial charge in [0.05, 0.1) is 12.4 Å². The van der Waals surface area contributed by atoms with Crippen LogP contribution in [0.1, 0.15) is 18.5 Å². The highest BCUT2D eigenvalue weighted by atomic mass is 35.5. The molecule has 19 heavy (non-hydrogen) atoms. The Morgan fingerprint density at radius 2 is 1.84 bits per heavy atom. The first-order valence-electron chi connectivity index (χ1n) is 5.82. The highest BCUT2D eigenvalue weighted by Gasteiger charge is 2.33. The van der Waals surface area contributed by atoms with Crippen molar-refractivity contribution in [2.45, 2.75) is 25.1 Å². The molecular formula is C11H16ClF3N4. The molecule has 1 aromatic rings. The molecule has 1 fully saturated rings. The molecule has 1 saturated heterocycles. The smallest absolute Gasteiger partial charge is 0.355 e. The molecule has 2 rings (SSSR count). The lowest BCUT2D eigenvalue weighted by molar-refractivity contribution is -0.141. The number of nitrogens with zero attached hydrogens (tertiary/aromatic N) is 3. The summed E-state index contributed by atoms with van der Waals surface area (Å²) in [5.74, 6) is 0.512. The van der Waals surface area contributed by atoms with Gasteiger partial charge in [0, 0.05) is 19.1 Å². The van der Waals surface area contributed by atoms with Crippen molar-refractivity contribution >= 4 is 18.2 Å². The predicted molar refractivity (Wildman–Crippen MR) is 68.6 cm³/mol. The van der Waals surface area contributed by atoms with Gasteiger partial charge in [-0.05, 0) is 19.9 Å². The third-order valence-electron chi connectivity index (χ3n) is 3.16. The average molecular weight is 297 g/mol. The molecule has 0 atom stereocenters. The van der Waals surface area contributed by atoms with Gasteiger partial charge in [-0.3, -0.25) is 0 Å². The van der Waals surface area contributed by atoms with E-state index in [0.717, 1.165) is 32.1 Å². The van der Waals surface area contributed by atoms with E-state index in [0.29, 0.717) is 11.9 Å². The number of halogens is 4. The molecule has 0 saturated carbocycles. The Morgan fingerprint density at radius 3 is 2.26 bits per heavy atom. The highest BCUT2D eigenvalue weighted by molar-refractivity contribution is 5.85. The Bertz CT molecular complexity index is 388. The maximum Gasteiger partial charge on any atom is 0.434 e. The van der Waals surface area contributed by atoms with Gasteiger partial charge in [0.25, 0.3) is 0 Å². The van der Waals surface area contributed by atoms with Crippen molar-refractivity contribution in [2.75, 3.05) is 25.0 Å². The minimum absolute atomic E-state index is 0. The van der Waals surface area contributed by atoms with Crippen molar-refractivity contribution in [1.29, 1.82) is 0 Å². The minimum Gasteiger partial charge on any atom is -0.355 e. The Hall–Kier alpha value is -1.08. The van der Waals surface area contributed by atoms with E-state index in [1.54, 1.807) is 0 Å². The van der Waals surface area contributed by atoms with Gasteiger partial charge in [-0.2, -0.15) is 13.2 Å². The van der Waals surface area contributed by atoms with Crippen LogP contribution in [-0.2, 0) is 6.18 Å². The van der Waals surface area contributed by atoms with Crippen LogP contribution in [0.5, 0.6) is 0 Å². The van der Waals surface area contributed by atoms with Crippen molar-refractivity contribution in [3.05, 3.63) is 18.1 Å². The topological polar surface area (TPSA) is 41.0 Å². The van der Waals surface area contributed by atoms with Crippen LogP contribution < -0.4 is 10.2 Å². The monoisotopic (exact) mass is 296 g/mol. The molecule has 1 aromatic heterocycles. The first-order chi connectivity index (χ1) is 8.50. The quantitative estimate of drug-likeness (QED) is 0.907. The van der Waals surface area contributed by atoms with Crippen molar-refractivity contribution in [2.24, 2.45) is 0 Å². The number of aromatic nitrogens is 2. The molecule has 4 nitrogen and oxygen atoms in total. The molecule has 0 unspecified atom stereocenters. The van der Waals surface area contributed by atoms with E-state index in [2.05, 4.69) is 15.3 Å². The zero-order chi connectivity index (χ0) is 13.2. The number of rotatable bonds is 2. The van der Waals surface area contributed by atoms with Gasteiger partial charge in [0.1, 0.15) is 5.82 Å². The molecule has 0 amide bonds. The average Bonchev–Trinajstić information content (AvgIpc) is 2.38. The summed E-state index contributed by atoms with van der Waals surface area (Å²) in [4.78, 5) is 9.22. The third kappa shape index (κ3) is 3.94. The fourth-order valence-corrected chi connectivity index (χ4v) is 2.03. The summed E-state index contributed by atoms with van der Waals surface area (Å²) in [5.41, 5.74) is -0.948. The molecule has 2 heterocycles. The van der Waals surface area contributed by atoms with E-state index < -0.39 is 11.9 Å². The SMILES string of the molecule is CNC1CCN(c2cnc(C(F)(F)F)cn2)CC1.Cl. The Labute approximate surface area is 115 Å². The lowest BCUT2D eigenvalue weighted by Crippen LogP contribution is -2.41. The van der Waals surface area contributed by atoms with E-state index in [4.69, 9.17) is 0 Å². The zero-order valence-corrected chi connectivity index (χ0v) is 11.3. The number of anilines is 1. The van der Waals surface area contributed by atoms with Crippen molar-refractivity contribution in [3.63, 3.8) is 0 Å². The molecule has 1 aliphatic rings. The van der Waals surface area contributed by atoms with Gasteiger partial charge in [0.15, 0.2) is 5.69 Å². The molecule has 8 heteroatoms. The van der Waals surface area contributed by atoms with Crippen LogP contribution in [0.2, 0.25) is 0 Å². The molecule has 1 N–H and O–H groups in total. The normalized spacial score (nSPS) is 17.2. The van der Waals surface area contributed by atoms with Crippen LogP contribution in [0, 0.1) is 0 Å². The molecule has 1 aliphatic heterocycles. The van der Waals surface area contributed by atoms with Gasteiger partial charge < -0.3 is 10.2 Å². The lowest BCUT2D eigenvalue weighted by atomic mass is 10.1. The lowest BCUT2D eigenvalue weighted by Gasteiger charge is -2.32. The molecule has 0 spiro atoms. The number of alkyl halides is 3. The number of nitrogens with one attached hydrogen (secondary N) is 1. The summed E-state index contributed by atoms with van der Waals surface area (Å²) >= 11 is 0. The van der Waals surface area contributed by atoms with Crippen LogP contribution in [0.4, 0.5) is 19.0 Å². The molecular weight excluding hydrogens is 281 g/mol. The standard InChI is InChI=1S/C11H15F3N4.ClH/c1-15-8-2-4-18(5-3-8)10-7-16-9(6-17-10)11(12,13)14;/h6-8,15H,2-5H2,1H3;1H. The van der Waals surface area contributed by atoms with Gasteiger partial charge in [0.2, 0.25) is 0 Å². The molecule has 0 aliphatic carbocycles. The number of hydrogen-bond acceptors (Lipinski definition) is 4. The van der Waals surface area contributed by atoms with Crippen molar-refractivity contribution < 1.29 is 13.2 Å². The molecule has 0 aromatic carbocycles. The minimum atomic E-state index is -4.43. The first kappa shape index (κ1) is 16.0. The van der Waals surface area contributed by atoms with E-state index in [1.807, 2.05) is 11.9 Å². The molecule has 0 radical (unpaired) electrons. The van der Waals surface area contributed by atoms with Crippen LogP contribution in [0.3, 0.4) is 0 Å². The number of piperidine rings is 1. The second kappa shape index (κ2) is 6.38. The third-order valence-corrected chi connectivity index (χ3v) is 3.16. The van der Waals surface area contributed by atoms with Crippen molar-refractivity contribution in [3.8, 4) is 0 Å². The van der Waals surface area contributed by atoms with Gasteiger partial charge >= 0.3 is 6.18 Å². The van der Waals surface area contributed by atoms with Crippen LogP contribution >= 0.6 is 12.4 Å². The van der Waals surface area contributed by atoms with E-state index >= 15 is 0 Å². The number of hydrogen-bond donors (Lipinski definition) is 1. The fourth-order valence-electron chi connectivity index (χ4n) is 2.03. The second-order valence-electron chi connectivity index (χ2n) is 4.31. The summed E-state index contributed by atoms with van der Waals surface area (Å²) < 4.78 is 37.0. The van der Waals surface area contributed by atoms with Crippen LogP contribution in [-0.4, -0.2) is 36.1 Å². The highest BCUT2D eigenvalue weighted by Crippen LogP contribution is 2.27. The van der Waals surface area contributed by atoms with Gasteiger partial charge in [-0.1, -0.05) is 0 Å². The summed E-state index contributed by atoms with van der Waals surface area (Å²) in [6.07, 6.45) is -0.523. The van der Waals surface area contributed by atoms with Gasteiger partial charge in [-0.25, -0.2) is 9.97 Å². The molecule has 108 valence electrons.